The van der Waals surface area contributed by atoms with Gasteiger partial charge in [0.15, 0.2) is 9.84 Å². The van der Waals surface area contributed by atoms with Crippen molar-refractivity contribution in [2.75, 3.05) is 12.8 Å². The summed E-state index contributed by atoms with van der Waals surface area (Å²) >= 11 is 0. The van der Waals surface area contributed by atoms with Crippen LogP contribution in [0, 0.1) is 0 Å². The van der Waals surface area contributed by atoms with Crippen LogP contribution in [0.15, 0.2) is 17.3 Å². The molecule has 0 saturated carbocycles. The predicted octanol–water partition coefficient (Wildman–Crippen LogP) is 0.429. The van der Waals surface area contributed by atoms with Gasteiger partial charge in [0.25, 0.3) is 0 Å². The Hall–Kier alpha value is -0.880. The second kappa shape index (κ2) is 4.55. The quantitative estimate of drug-likeness (QED) is 0.836. The van der Waals surface area contributed by atoms with Gasteiger partial charge in [-0.05, 0) is 19.4 Å². The third kappa shape index (κ3) is 2.82. The van der Waals surface area contributed by atoms with Gasteiger partial charge >= 0.3 is 0 Å². The Bertz CT molecular complexity index is 446. The van der Waals surface area contributed by atoms with Crippen LogP contribution in [0.25, 0.3) is 0 Å². The van der Waals surface area contributed by atoms with Crippen LogP contribution in [-0.4, -0.2) is 37.0 Å². The van der Waals surface area contributed by atoms with Crippen LogP contribution >= 0.6 is 0 Å². The van der Waals surface area contributed by atoms with Gasteiger partial charge in [0.2, 0.25) is 0 Å². The van der Waals surface area contributed by atoms with Crippen molar-refractivity contribution in [1.82, 2.24) is 15.1 Å². The molecule has 1 saturated heterocycles. The molecule has 1 fully saturated rings. The van der Waals surface area contributed by atoms with E-state index in [1.54, 1.807) is 10.9 Å². The zero-order valence-corrected chi connectivity index (χ0v) is 10.2. The van der Waals surface area contributed by atoms with Crippen LogP contribution in [0.4, 0.5) is 0 Å². The van der Waals surface area contributed by atoms with Crippen LogP contribution in [0.1, 0.15) is 19.3 Å². The molecule has 1 atom stereocenters. The molecule has 1 aliphatic heterocycles. The first kappa shape index (κ1) is 11.6. The second-order valence-corrected chi connectivity index (χ2v) is 6.33. The van der Waals surface area contributed by atoms with Crippen molar-refractivity contribution in [3.05, 3.63) is 12.4 Å². The van der Waals surface area contributed by atoms with Crippen LogP contribution in [0.5, 0.6) is 0 Å². The Balaban J connectivity index is 2.02. The summed E-state index contributed by atoms with van der Waals surface area (Å²) < 4.78 is 24.2. The monoisotopic (exact) mass is 243 g/mol. The van der Waals surface area contributed by atoms with E-state index in [0.29, 0.717) is 10.9 Å². The topological polar surface area (TPSA) is 64.0 Å². The molecular weight excluding hydrogens is 226 g/mol. The van der Waals surface area contributed by atoms with E-state index < -0.39 is 9.84 Å². The second-order valence-electron chi connectivity index (χ2n) is 4.32. The Labute approximate surface area is 95.8 Å². The van der Waals surface area contributed by atoms with Crippen molar-refractivity contribution >= 4 is 9.84 Å². The van der Waals surface area contributed by atoms with Crippen LogP contribution in [0.3, 0.4) is 0 Å². The van der Waals surface area contributed by atoms with Crippen LogP contribution in [0.2, 0.25) is 0 Å². The van der Waals surface area contributed by atoms with Gasteiger partial charge in [0.1, 0.15) is 4.90 Å². The molecule has 0 aromatic carbocycles. The normalized spacial score (nSPS) is 22.2. The average Bonchev–Trinajstić information content (AvgIpc) is 2.67. The fourth-order valence-corrected chi connectivity index (χ4v) is 2.49. The maximum absolute atomic E-state index is 11.3. The molecular formula is C10H17N3O2S. The smallest absolute Gasteiger partial charge is 0.178 e. The molecule has 1 aromatic heterocycles. The number of sulfone groups is 1. The maximum atomic E-state index is 11.3. The molecule has 90 valence electrons. The van der Waals surface area contributed by atoms with Gasteiger partial charge in [0.05, 0.1) is 12.7 Å². The Morgan fingerprint density at radius 1 is 1.56 bits per heavy atom. The minimum absolute atomic E-state index is 0.295. The van der Waals surface area contributed by atoms with E-state index >= 15 is 0 Å². The van der Waals surface area contributed by atoms with E-state index in [0.717, 1.165) is 19.5 Å². The van der Waals surface area contributed by atoms with Gasteiger partial charge in [-0.3, -0.25) is 4.68 Å². The summed E-state index contributed by atoms with van der Waals surface area (Å²) in [5.74, 6) is 0. The van der Waals surface area contributed by atoms with E-state index in [-0.39, 0.29) is 0 Å². The van der Waals surface area contributed by atoms with Gasteiger partial charge in [-0.15, -0.1) is 0 Å². The molecule has 16 heavy (non-hydrogen) atoms. The van der Waals surface area contributed by atoms with Gasteiger partial charge in [-0.2, -0.15) is 5.10 Å². The molecule has 2 heterocycles. The highest BCUT2D eigenvalue weighted by atomic mass is 32.2. The highest BCUT2D eigenvalue weighted by Crippen LogP contribution is 2.11. The Morgan fingerprint density at radius 2 is 2.38 bits per heavy atom. The summed E-state index contributed by atoms with van der Waals surface area (Å²) in [7, 11) is -3.13. The molecule has 0 amide bonds. The Morgan fingerprint density at radius 3 is 2.94 bits per heavy atom. The molecule has 1 aromatic rings. The highest BCUT2D eigenvalue weighted by Gasteiger charge is 2.15. The third-order valence-electron chi connectivity index (χ3n) is 2.86. The molecule has 1 aliphatic rings. The fraction of sp³-hybridized carbons (Fsp3) is 0.700. The number of rotatable bonds is 3. The minimum atomic E-state index is -3.13. The van der Waals surface area contributed by atoms with Crippen molar-refractivity contribution in [2.45, 2.75) is 36.7 Å². The van der Waals surface area contributed by atoms with E-state index in [9.17, 15) is 8.42 Å². The first-order chi connectivity index (χ1) is 7.55. The number of hydrogen-bond acceptors (Lipinski definition) is 4. The fourth-order valence-electron chi connectivity index (χ4n) is 1.94. The first-order valence-electron chi connectivity index (χ1n) is 5.51. The highest BCUT2D eigenvalue weighted by molar-refractivity contribution is 7.90. The van der Waals surface area contributed by atoms with Gasteiger partial charge in [-0.25, -0.2) is 8.42 Å². The lowest BCUT2D eigenvalue weighted by molar-refractivity contribution is 0.351. The molecule has 5 nitrogen and oxygen atoms in total. The maximum Gasteiger partial charge on any atom is 0.178 e. The van der Waals surface area contributed by atoms with E-state index in [2.05, 4.69) is 10.4 Å². The minimum Gasteiger partial charge on any atom is -0.312 e. The molecule has 0 bridgehead atoms. The zero-order chi connectivity index (χ0) is 11.6. The lowest BCUT2D eigenvalue weighted by Crippen LogP contribution is -2.37. The van der Waals surface area contributed by atoms with Gasteiger partial charge < -0.3 is 5.32 Å². The summed E-state index contributed by atoms with van der Waals surface area (Å²) in [6.07, 6.45) is 7.81. The molecule has 0 radical (unpaired) electrons. The predicted molar refractivity (Wildman–Crippen MR) is 61.0 cm³/mol. The van der Waals surface area contributed by atoms with Crippen molar-refractivity contribution in [3.8, 4) is 0 Å². The lowest BCUT2D eigenvalue weighted by atomic mass is 10.1. The molecule has 6 heteroatoms. The third-order valence-corrected chi connectivity index (χ3v) is 3.92. The number of hydrogen-bond donors (Lipinski definition) is 1. The summed E-state index contributed by atoms with van der Waals surface area (Å²) in [6, 6.07) is 0.418. The molecule has 2 rings (SSSR count). The van der Waals surface area contributed by atoms with Gasteiger partial charge in [-0.1, -0.05) is 6.42 Å². The van der Waals surface area contributed by atoms with Crippen molar-refractivity contribution in [1.29, 1.82) is 0 Å². The number of nitrogens with one attached hydrogen (secondary N) is 1. The summed E-state index contributed by atoms with van der Waals surface area (Å²) in [5.41, 5.74) is 0. The summed E-state index contributed by atoms with van der Waals surface area (Å²) in [6.45, 7) is 1.79. The first-order valence-corrected chi connectivity index (χ1v) is 7.41. The number of piperidine rings is 1. The number of aromatic nitrogens is 2. The molecule has 0 spiro atoms. The largest absolute Gasteiger partial charge is 0.312 e. The van der Waals surface area contributed by atoms with E-state index in [1.165, 1.54) is 25.3 Å². The summed E-state index contributed by atoms with van der Waals surface area (Å²) in [4.78, 5) is 0.295. The van der Waals surface area contributed by atoms with Gasteiger partial charge in [0, 0.05) is 18.5 Å². The standard InChI is InChI=1S/C10H17N3O2S/c1-16(14,15)10-6-12-13(8-10)7-9-4-2-3-5-11-9/h6,8-9,11H,2-5,7H2,1H3. The van der Waals surface area contributed by atoms with Crippen molar-refractivity contribution < 1.29 is 8.42 Å². The van der Waals surface area contributed by atoms with E-state index in [4.69, 9.17) is 0 Å². The Kier molecular flexibility index (Phi) is 3.30. The zero-order valence-electron chi connectivity index (χ0n) is 9.39. The summed E-state index contributed by atoms with van der Waals surface area (Å²) in [5, 5.41) is 7.48. The lowest BCUT2D eigenvalue weighted by Gasteiger charge is -2.23. The van der Waals surface area contributed by atoms with Crippen LogP contribution in [-0.2, 0) is 16.4 Å². The average molecular weight is 243 g/mol. The molecule has 0 aliphatic carbocycles. The van der Waals surface area contributed by atoms with E-state index in [1.807, 2.05) is 0 Å². The molecule has 1 unspecified atom stereocenters. The number of nitrogens with zero attached hydrogens (tertiary/aromatic N) is 2. The molecule has 1 N–H and O–H groups in total. The van der Waals surface area contributed by atoms with Crippen LogP contribution < -0.4 is 5.32 Å². The van der Waals surface area contributed by atoms with Crippen molar-refractivity contribution in [3.63, 3.8) is 0 Å². The SMILES string of the molecule is CS(=O)(=O)c1cnn(CC2CCCCN2)c1. The van der Waals surface area contributed by atoms with Crippen molar-refractivity contribution in [2.24, 2.45) is 0 Å².